The molecule has 10 heteroatoms. The van der Waals surface area contributed by atoms with E-state index < -0.39 is 6.04 Å². The van der Waals surface area contributed by atoms with E-state index in [1.54, 1.807) is 23.5 Å². The second-order valence-corrected chi connectivity index (χ2v) is 9.44. The minimum atomic E-state index is -0.629. The van der Waals surface area contributed by atoms with E-state index in [1.807, 2.05) is 18.2 Å². The molecule has 0 fully saturated rings. The molecule has 0 radical (unpaired) electrons. The zero-order chi connectivity index (χ0) is 25.5. The first kappa shape index (κ1) is 23.0. The topological polar surface area (TPSA) is 153 Å². The number of amides is 1. The van der Waals surface area contributed by atoms with Gasteiger partial charge in [-0.25, -0.2) is 9.97 Å². The van der Waals surface area contributed by atoms with Crippen molar-refractivity contribution in [2.24, 2.45) is 5.73 Å². The number of hydrogen-bond acceptors (Lipinski definition) is 6. The maximum Gasteiger partial charge on any atom is 0.240 e. The number of H-pyrrole nitrogens is 3. The van der Waals surface area contributed by atoms with Crippen molar-refractivity contribution in [2.45, 2.75) is 38.8 Å². The Kier molecular flexibility index (Phi) is 5.72. The molecular formula is C27H28N8O2. The molecule has 10 nitrogen and oxygen atoms in total. The van der Waals surface area contributed by atoms with Gasteiger partial charge in [0.2, 0.25) is 5.91 Å². The normalized spacial score (nSPS) is 14.2. The molecule has 4 heterocycles. The van der Waals surface area contributed by atoms with Crippen LogP contribution in [0, 0.1) is 0 Å². The number of aromatic nitrogens is 6. The first-order valence-electron chi connectivity index (χ1n) is 12.4. The van der Waals surface area contributed by atoms with Crippen molar-refractivity contribution < 1.29 is 9.90 Å². The summed E-state index contributed by atoms with van der Waals surface area (Å²) in [5.74, 6) is 0.862. The molecule has 1 aliphatic rings. The van der Waals surface area contributed by atoms with E-state index in [1.165, 1.54) is 0 Å². The summed E-state index contributed by atoms with van der Waals surface area (Å²) in [6.45, 7) is 3.08. The largest absolute Gasteiger partial charge is 0.508 e. The molecule has 2 aromatic carbocycles. The average molecular weight is 497 g/mol. The van der Waals surface area contributed by atoms with Crippen molar-refractivity contribution in [1.29, 1.82) is 0 Å². The quantitative estimate of drug-likeness (QED) is 0.244. The van der Waals surface area contributed by atoms with E-state index in [0.717, 1.165) is 56.8 Å². The van der Waals surface area contributed by atoms with Crippen LogP contribution in [-0.4, -0.2) is 58.6 Å². The molecule has 188 valence electrons. The van der Waals surface area contributed by atoms with Gasteiger partial charge in [-0.15, -0.1) is 0 Å². The van der Waals surface area contributed by atoms with Crippen LogP contribution in [0.3, 0.4) is 0 Å². The van der Waals surface area contributed by atoms with Crippen LogP contribution in [-0.2, 0) is 30.6 Å². The van der Waals surface area contributed by atoms with Crippen LogP contribution in [0.2, 0.25) is 0 Å². The summed E-state index contributed by atoms with van der Waals surface area (Å²) >= 11 is 0. The van der Waals surface area contributed by atoms with Crippen molar-refractivity contribution in [3.8, 4) is 28.4 Å². The fourth-order valence-corrected chi connectivity index (χ4v) is 5.07. The molecule has 0 spiro atoms. The second-order valence-electron chi connectivity index (χ2n) is 9.44. The molecule has 1 amide bonds. The van der Waals surface area contributed by atoms with Gasteiger partial charge in [-0.1, -0.05) is 19.1 Å². The van der Waals surface area contributed by atoms with Crippen molar-refractivity contribution in [2.75, 3.05) is 6.54 Å². The van der Waals surface area contributed by atoms with Crippen molar-refractivity contribution >= 4 is 16.8 Å². The first-order chi connectivity index (χ1) is 18.0. The number of rotatable bonds is 6. The Bertz CT molecular complexity index is 1580. The van der Waals surface area contributed by atoms with Crippen LogP contribution in [0.25, 0.3) is 33.5 Å². The van der Waals surface area contributed by atoms with Crippen molar-refractivity contribution in [1.82, 2.24) is 35.0 Å². The van der Waals surface area contributed by atoms with Gasteiger partial charge >= 0.3 is 0 Å². The highest BCUT2D eigenvalue weighted by Crippen LogP contribution is 2.33. The fourth-order valence-electron chi connectivity index (χ4n) is 5.07. The smallest absolute Gasteiger partial charge is 0.240 e. The molecule has 0 saturated heterocycles. The van der Waals surface area contributed by atoms with Gasteiger partial charge in [0.05, 0.1) is 35.8 Å². The number of carbonyl (C=O) groups excluding carboxylic acids is 1. The van der Waals surface area contributed by atoms with Crippen LogP contribution >= 0.6 is 0 Å². The molecular weight excluding hydrogens is 468 g/mol. The Morgan fingerprint density at radius 3 is 2.95 bits per heavy atom. The zero-order valence-corrected chi connectivity index (χ0v) is 20.5. The number of phenols is 1. The van der Waals surface area contributed by atoms with Crippen molar-refractivity contribution in [3.63, 3.8) is 0 Å². The molecule has 1 aliphatic heterocycles. The molecule has 5 aromatic rings. The van der Waals surface area contributed by atoms with E-state index in [2.05, 4.69) is 44.2 Å². The van der Waals surface area contributed by atoms with Crippen LogP contribution in [0.5, 0.6) is 5.75 Å². The van der Waals surface area contributed by atoms with Gasteiger partial charge < -0.3 is 25.7 Å². The van der Waals surface area contributed by atoms with Gasteiger partial charge in [0.25, 0.3) is 0 Å². The summed E-state index contributed by atoms with van der Waals surface area (Å²) in [5.41, 5.74) is 13.8. The fraction of sp³-hybridized carbons (Fsp3) is 0.259. The molecule has 0 saturated carbocycles. The van der Waals surface area contributed by atoms with Gasteiger partial charge in [-0.3, -0.25) is 9.89 Å². The summed E-state index contributed by atoms with van der Waals surface area (Å²) in [4.78, 5) is 29.9. The maximum absolute atomic E-state index is 13.0. The average Bonchev–Trinajstić information content (AvgIpc) is 3.66. The molecule has 3 aromatic heterocycles. The third-order valence-corrected chi connectivity index (χ3v) is 7.02. The number of phenolic OH excluding ortho intramolecular Hbond substituents is 1. The monoisotopic (exact) mass is 496 g/mol. The Hall–Kier alpha value is -4.44. The number of carbonyl (C=O) groups is 1. The molecule has 0 unspecified atom stereocenters. The van der Waals surface area contributed by atoms with Crippen LogP contribution in [0.1, 0.15) is 29.6 Å². The van der Waals surface area contributed by atoms with Gasteiger partial charge in [-0.2, -0.15) is 5.10 Å². The van der Waals surface area contributed by atoms with E-state index in [9.17, 15) is 9.90 Å². The molecule has 6 rings (SSSR count). The number of nitrogens with zero attached hydrogens (tertiary/aromatic N) is 4. The van der Waals surface area contributed by atoms with E-state index in [0.29, 0.717) is 31.8 Å². The molecule has 0 bridgehead atoms. The predicted octanol–water partition coefficient (Wildman–Crippen LogP) is 3.07. The Morgan fingerprint density at radius 2 is 2.14 bits per heavy atom. The third-order valence-electron chi connectivity index (χ3n) is 7.02. The number of benzene rings is 2. The first-order valence-corrected chi connectivity index (χ1v) is 12.4. The van der Waals surface area contributed by atoms with Crippen molar-refractivity contribution in [3.05, 3.63) is 71.6 Å². The molecule has 1 atom stereocenters. The minimum absolute atomic E-state index is 0.0881. The number of nitrogens with one attached hydrogen (secondary N) is 3. The highest BCUT2D eigenvalue weighted by molar-refractivity contribution is 5.94. The summed E-state index contributed by atoms with van der Waals surface area (Å²) in [6, 6.07) is 11.0. The van der Waals surface area contributed by atoms with Crippen LogP contribution in [0.4, 0.5) is 0 Å². The number of aryl methyl sites for hydroxylation is 1. The molecule has 0 aliphatic carbocycles. The van der Waals surface area contributed by atoms with Gasteiger partial charge in [0.1, 0.15) is 11.4 Å². The second kappa shape index (κ2) is 9.21. The van der Waals surface area contributed by atoms with E-state index >= 15 is 0 Å². The number of fused-ring (bicyclic) bond motifs is 2. The van der Waals surface area contributed by atoms with Crippen LogP contribution in [0.15, 0.2) is 48.9 Å². The predicted molar refractivity (Wildman–Crippen MR) is 140 cm³/mol. The number of hydrogen-bond donors (Lipinski definition) is 5. The van der Waals surface area contributed by atoms with Gasteiger partial charge in [0.15, 0.2) is 5.82 Å². The van der Waals surface area contributed by atoms with Crippen LogP contribution < -0.4 is 5.73 Å². The standard InChI is InChI=1S/C27H28N8O2/c1-2-15-9-18(36)4-6-19(15)16-3-5-20-23(10-16)33-34-25(20)26-31-22-7-8-35(13-24(22)32-26)27(37)21(28)11-17-12-29-14-30-17/h3-6,9-10,12,14,21,36H,2,7-8,11,13,28H2,1H3,(H,29,30)(H,31,32)(H,33,34)/t21-/m0/s1. The summed E-state index contributed by atoms with van der Waals surface area (Å²) in [5, 5.41) is 18.5. The molecule has 37 heavy (non-hydrogen) atoms. The van der Waals surface area contributed by atoms with Gasteiger partial charge in [0, 0.05) is 36.7 Å². The minimum Gasteiger partial charge on any atom is -0.508 e. The summed E-state index contributed by atoms with van der Waals surface area (Å²) < 4.78 is 0. The highest BCUT2D eigenvalue weighted by atomic mass is 16.3. The maximum atomic E-state index is 13.0. The Balaban J connectivity index is 1.24. The SMILES string of the molecule is CCc1cc(O)ccc1-c1ccc2c(-c3nc4c([nH]3)CN(C(=O)[C@@H](N)Cc3cnc[nH]3)CC4)n[nH]c2c1. The highest BCUT2D eigenvalue weighted by Gasteiger charge is 2.28. The molecule has 6 N–H and O–H groups in total. The Morgan fingerprint density at radius 1 is 1.24 bits per heavy atom. The van der Waals surface area contributed by atoms with E-state index in [4.69, 9.17) is 10.7 Å². The summed E-state index contributed by atoms with van der Waals surface area (Å²) in [7, 11) is 0. The van der Waals surface area contributed by atoms with E-state index in [-0.39, 0.29) is 11.7 Å². The lowest BCUT2D eigenvalue weighted by Gasteiger charge is -2.28. The number of aromatic amines is 3. The number of imidazole rings is 2. The number of aromatic hydroxyl groups is 1. The van der Waals surface area contributed by atoms with Gasteiger partial charge in [-0.05, 0) is 47.4 Å². The zero-order valence-electron chi connectivity index (χ0n) is 20.5. The Labute approximate surface area is 213 Å². The number of nitrogens with two attached hydrogens (primary N) is 1. The lowest BCUT2D eigenvalue weighted by Crippen LogP contribution is -2.46. The lowest BCUT2D eigenvalue weighted by atomic mass is 9.97. The summed E-state index contributed by atoms with van der Waals surface area (Å²) in [6.07, 6.45) is 5.17. The lowest BCUT2D eigenvalue weighted by molar-refractivity contribution is -0.133. The third kappa shape index (κ3) is 4.25.